The van der Waals surface area contributed by atoms with Crippen LogP contribution in [0, 0.1) is 0 Å². The first kappa shape index (κ1) is 25.5. The van der Waals surface area contributed by atoms with Crippen LogP contribution < -0.4 is 0 Å². The number of aromatic nitrogens is 1. The number of halogens is 1. The Labute approximate surface area is 206 Å². The van der Waals surface area contributed by atoms with Crippen molar-refractivity contribution in [1.29, 1.82) is 0 Å². The Morgan fingerprint density at radius 2 is 1.79 bits per heavy atom. The van der Waals surface area contributed by atoms with Gasteiger partial charge in [0.25, 0.3) is 0 Å². The van der Waals surface area contributed by atoms with Crippen molar-refractivity contribution in [3.63, 3.8) is 0 Å². The fourth-order valence-corrected chi connectivity index (χ4v) is 4.79. The fourth-order valence-electron chi connectivity index (χ4n) is 4.52. The van der Waals surface area contributed by atoms with Crippen molar-refractivity contribution in [2.75, 3.05) is 20.3 Å². The second-order valence-electron chi connectivity index (χ2n) is 9.12. The number of methoxy groups -OCH3 is 1. The topological polar surface area (TPSA) is 54.8 Å². The van der Waals surface area contributed by atoms with Crippen LogP contribution in [0.15, 0.2) is 47.1 Å². The van der Waals surface area contributed by atoms with Crippen LogP contribution in [0.3, 0.4) is 0 Å². The summed E-state index contributed by atoms with van der Waals surface area (Å²) in [5, 5.41) is 0. The maximum absolute atomic E-state index is 13.6. The van der Waals surface area contributed by atoms with Crippen molar-refractivity contribution in [3.8, 4) is 0 Å². The van der Waals surface area contributed by atoms with E-state index in [-0.39, 0.29) is 37.0 Å². The van der Waals surface area contributed by atoms with Crippen molar-refractivity contribution in [2.24, 2.45) is 0 Å². The SMILES string of the molecule is COCC(=O)N(CC(=O)N(Cc1cccn1Cc1ccc(Br)cc1)C1CCCCC1)C(C)C. The molecule has 0 saturated heterocycles. The summed E-state index contributed by atoms with van der Waals surface area (Å²) in [5.74, 6) is -0.139. The average molecular weight is 518 g/mol. The summed E-state index contributed by atoms with van der Waals surface area (Å²) >= 11 is 3.49. The second-order valence-corrected chi connectivity index (χ2v) is 10.0. The molecule has 6 nitrogen and oxygen atoms in total. The number of hydrogen-bond acceptors (Lipinski definition) is 3. The number of hydrogen-bond donors (Lipinski definition) is 0. The molecule has 2 amide bonds. The summed E-state index contributed by atoms with van der Waals surface area (Å²) in [7, 11) is 1.51. The molecule has 2 aromatic rings. The van der Waals surface area contributed by atoms with Gasteiger partial charge < -0.3 is 19.1 Å². The molecule has 0 aliphatic heterocycles. The van der Waals surface area contributed by atoms with Gasteiger partial charge >= 0.3 is 0 Å². The number of benzene rings is 1. The van der Waals surface area contributed by atoms with Crippen molar-refractivity contribution >= 4 is 27.7 Å². The molecule has 1 aliphatic rings. The lowest BCUT2D eigenvalue weighted by Gasteiger charge is -2.37. The first-order valence-corrected chi connectivity index (χ1v) is 12.6. The largest absolute Gasteiger partial charge is 0.375 e. The monoisotopic (exact) mass is 517 g/mol. The number of nitrogens with zero attached hydrogens (tertiary/aromatic N) is 3. The molecule has 1 fully saturated rings. The third-order valence-corrected chi connectivity index (χ3v) is 6.90. The molecule has 1 heterocycles. The predicted molar refractivity (Wildman–Crippen MR) is 134 cm³/mol. The van der Waals surface area contributed by atoms with E-state index in [1.165, 1.54) is 19.1 Å². The summed E-state index contributed by atoms with van der Waals surface area (Å²) in [6.07, 6.45) is 7.63. The molecule has 0 atom stereocenters. The minimum absolute atomic E-state index is 0.00900. The van der Waals surface area contributed by atoms with Gasteiger partial charge in [0, 0.05) is 42.1 Å². The maximum atomic E-state index is 13.6. The molecule has 7 heteroatoms. The molecule has 1 aromatic carbocycles. The third-order valence-electron chi connectivity index (χ3n) is 6.37. The van der Waals surface area contributed by atoms with Gasteiger partial charge in [-0.2, -0.15) is 0 Å². The quantitative estimate of drug-likeness (QED) is 0.452. The Balaban J connectivity index is 1.79. The van der Waals surface area contributed by atoms with Crippen LogP contribution >= 0.6 is 15.9 Å². The van der Waals surface area contributed by atoms with E-state index in [0.29, 0.717) is 6.54 Å². The number of carbonyl (C=O) groups excluding carboxylic acids is 2. The maximum Gasteiger partial charge on any atom is 0.249 e. The minimum atomic E-state index is -0.150. The molecule has 3 rings (SSSR count). The summed E-state index contributed by atoms with van der Waals surface area (Å²) in [5.41, 5.74) is 2.32. The van der Waals surface area contributed by atoms with Gasteiger partial charge in [-0.15, -0.1) is 0 Å². The van der Waals surface area contributed by atoms with Crippen LogP contribution in [0.5, 0.6) is 0 Å². The summed E-state index contributed by atoms with van der Waals surface area (Å²) in [6.45, 7) is 5.27. The van der Waals surface area contributed by atoms with Crippen LogP contribution in [0.2, 0.25) is 0 Å². The zero-order chi connectivity index (χ0) is 23.8. The predicted octanol–water partition coefficient (Wildman–Crippen LogP) is 4.84. The molecular weight excluding hydrogens is 482 g/mol. The van der Waals surface area contributed by atoms with Gasteiger partial charge in [0.2, 0.25) is 11.8 Å². The van der Waals surface area contributed by atoms with Crippen molar-refractivity contribution in [3.05, 3.63) is 58.3 Å². The number of amides is 2. The average Bonchev–Trinajstić information content (AvgIpc) is 3.24. The van der Waals surface area contributed by atoms with E-state index in [2.05, 4.69) is 44.9 Å². The van der Waals surface area contributed by atoms with Gasteiger partial charge in [0.05, 0.1) is 6.54 Å². The highest BCUT2D eigenvalue weighted by Crippen LogP contribution is 2.25. The molecule has 0 spiro atoms. The Bertz CT molecular complexity index is 904. The minimum Gasteiger partial charge on any atom is -0.375 e. The molecule has 180 valence electrons. The first-order valence-electron chi connectivity index (χ1n) is 11.9. The Morgan fingerprint density at radius 3 is 2.42 bits per heavy atom. The lowest BCUT2D eigenvalue weighted by Crippen LogP contribution is -2.50. The Kier molecular flexibility index (Phi) is 9.56. The van der Waals surface area contributed by atoms with Crippen molar-refractivity contribution in [1.82, 2.24) is 14.4 Å². The van der Waals surface area contributed by atoms with Gasteiger partial charge in [-0.3, -0.25) is 9.59 Å². The van der Waals surface area contributed by atoms with Gasteiger partial charge in [0.15, 0.2) is 0 Å². The standard InChI is InChI=1S/C26H36BrN3O3/c1-20(2)29(26(32)19-33-3)18-25(31)30(23-8-5-4-6-9-23)17-24-10-7-15-28(24)16-21-11-13-22(27)14-12-21/h7,10-15,20,23H,4-6,8-9,16-19H2,1-3H3. The molecule has 1 aliphatic carbocycles. The number of carbonyl (C=O) groups is 2. The van der Waals surface area contributed by atoms with E-state index in [1.807, 2.05) is 36.9 Å². The highest BCUT2D eigenvalue weighted by molar-refractivity contribution is 9.10. The zero-order valence-electron chi connectivity index (χ0n) is 20.0. The Hall–Kier alpha value is -2.12. The highest BCUT2D eigenvalue weighted by atomic mass is 79.9. The molecule has 33 heavy (non-hydrogen) atoms. The fraction of sp³-hybridized carbons (Fsp3) is 0.538. The molecule has 0 N–H and O–H groups in total. The third kappa shape index (κ3) is 7.18. The van der Waals surface area contributed by atoms with Gasteiger partial charge in [-0.1, -0.05) is 47.3 Å². The molecule has 1 saturated carbocycles. The molecule has 0 bridgehead atoms. The van der Waals surface area contributed by atoms with Gasteiger partial charge in [-0.25, -0.2) is 0 Å². The second kappa shape index (κ2) is 12.4. The Morgan fingerprint density at radius 1 is 1.09 bits per heavy atom. The summed E-state index contributed by atoms with van der Waals surface area (Å²) < 4.78 is 8.31. The smallest absolute Gasteiger partial charge is 0.249 e. The lowest BCUT2D eigenvalue weighted by molar-refractivity contribution is -0.146. The van der Waals surface area contributed by atoms with E-state index >= 15 is 0 Å². The van der Waals surface area contributed by atoms with Crippen LogP contribution in [0.4, 0.5) is 0 Å². The van der Waals surface area contributed by atoms with Crippen LogP contribution in [0.25, 0.3) is 0 Å². The van der Waals surface area contributed by atoms with Gasteiger partial charge in [0.1, 0.15) is 13.2 Å². The van der Waals surface area contributed by atoms with E-state index in [9.17, 15) is 9.59 Å². The van der Waals surface area contributed by atoms with Crippen LogP contribution in [0.1, 0.15) is 57.2 Å². The first-order chi connectivity index (χ1) is 15.9. The molecule has 0 radical (unpaired) electrons. The lowest BCUT2D eigenvalue weighted by atomic mass is 9.94. The molecular formula is C26H36BrN3O3. The van der Waals surface area contributed by atoms with Crippen LogP contribution in [-0.2, 0) is 27.4 Å². The normalized spacial score (nSPS) is 14.5. The number of ether oxygens (including phenoxy) is 1. The zero-order valence-corrected chi connectivity index (χ0v) is 21.6. The van der Waals surface area contributed by atoms with E-state index in [0.717, 1.165) is 42.4 Å². The molecule has 0 unspecified atom stereocenters. The van der Waals surface area contributed by atoms with Gasteiger partial charge in [-0.05, 0) is 56.5 Å². The van der Waals surface area contributed by atoms with E-state index in [1.54, 1.807) is 4.90 Å². The van der Waals surface area contributed by atoms with E-state index < -0.39 is 0 Å². The van der Waals surface area contributed by atoms with E-state index in [4.69, 9.17) is 4.74 Å². The van der Waals surface area contributed by atoms with Crippen LogP contribution in [-0.4, -0.2) is 58.5 Å². The molecule has 1 aromatic heterocycles. The van der Waals surface area contributed by atoms with Crippen molar-refractivity contribution in [2.45, 2.75) is 71.1 Å². The highest BCUT2D eigenvalue weighted by Gasteiger charge is 2.29. The number of rotatable bonds is 10. The van der Waals surface area contributed by atoms with Crippen molar-refractivity contribution < 1.29 is 14.3 Å². The summed E-state index contributed by atoms with van der Waals surface area (Å²) in [6, 6.07) is 12.6. The summed E-state index contributed by atoms with van der Waals surface area (Å²) in [4.78, 5) is 29.8.